The molecular weight excluding hydrogens is 660 g/mol. The van der Waals surface area contributed by atoms with Crippen molar-refractivity contribution in [1.29, 1.82) is 0 Å². The number of carbonyl (C=O) groups excluding carboxylic acids is 3. The maximum atomic E-state index is 12.9. The first-order valence-corrected chi connectivity index (χ1v) is 12.9. The van der Waals surface area contributed by atoms with Crippen LogP contribution in [0.3, 0.4) is 0 Å². The van der Waals surface area contributed by atoms with Crippen LogP contribution in [-0.2, 0) is 20.6 Å². The molecule has 0 spiro atoms. The van der Waals surface area contributed by atoms with Gasteiger partial charge in [-0.1, -0.05) is 18.2 Å². The molecule has 0 saturated heterocycles. The monoisotopic (exact) mass is 684 g/mol. The fourth-order valence-corrected chi connectivity index (χ4v) is 4.09. The van der Waals surface area contributed by atoms with Gasteiger partial charge in [-0.2, -0.15) is 18.3 Å². The number of anilines is 2. The number of hydrogen-bond acceptors (Lipinski definition) is 7. The van der Waals surface area contributed by atoms with E-state index >= 15 is 0 Å². The Hall–Kier alpha value is -4.34. The molecule has 3 rings (SSSR count). The lowest BCUT2D eigenvalue weighted by atomic mass is 10.2. The third-order valence-corrected chi connectivity index (χ3v) is 5.90. The minimum Gasteiger partial charge on any atom is -0.493 e. The van der Waals surface area contributed by atoms with Gasteiger partial charge >= 0.3 is 18.0 Å². The number of methoxy groups -OCH3 is 1. The Morgan fingerprint density at radius 2 is 1.71 bits per heavy atom. The molecule has 3 aromatic rings. The molecule has 216 valence electrons. The number of halogens is 4. The number of rotatable bonds is 10. The van der Waals surface area contributed by atoms with Crippen LogP contribution in [0, 0.1) is 3.57 Å². The largest absolute Gasteiger partial charge is 0.493 e. The van der Waals surface area contributed by atoms with Crippen LogP contribution in [-0.4, -0.2) is 44.3 Å². The SMILES string of the molecule is CCOc1ccccc1NC(=O)C(=O)N/N=C\c1cc(I)c(OCC(=O)Nc2cccc(C(F)(F)F)c2)c(OC)c1. The molecule has 0 heterocycles. The first-order valence-electron chi connectivity index (χ1n) is 11.9. The summed E-state index contributed by atoms with van der Waals surface area (Å²) in [6.45, 7) is 1.66. The Balaban J connectivity index is 1.59. The van der Waals surface area contributed by atoms with E-state index in [1.807, 2.05) is 22.6 Å². The second-order valence-corrected chi connectivity index (χ2v) is 9.19. The summed E-state index contributed by atoms with van der Waals surface area (Å²) >= 11 is 1.93. The second kappa shape index (κ2) is 14.3. The lowest BCUT2D eigenvalue weighted by Gasteiger charge is -2.14. The van der Waals surface area contributed by atoms with Crippen LogP contribution in [0.15, 0.2) is 65.8 Å². The first kappa shape index (κ1) is 31.2. The van der Waals surface area contributed by atoms with Gasteiger partial charge in [0.15, 0.2) is 18.1 Å². The lowest BCUT2D eigenvalue weighted by Crippen LogP contribution is -2.32. The van der Waals surface area contributed by atoms with Crippen molar-refractivity contribution in [3.63, 3.8) is 0 Å². The van der Waals surface area contributed by atoms with Crippen molar-refractivity contribution in [1.82, 2.24) is 5.43 Å². The Labute approximate surface area is 246 Å². The van der Waals surface area contributed by atoms with Crippen LogP contribution in [0.4, 0.5) is 24.5 Å². The molecule has 0 radical (unpaired) electrons. The molecule has 3 amide bonds. The van der Waals surface area contributed by atoms with Gasteiger partial charge in [0.2, 0.25) is 0 Å². The van der Waals surface area contributed by atoms with Gasteiger partial charge in [0, 0.05) is 5.69 Å². The number of hydrazone groups is 1. The summed E-state index contributed by atoms with van der Waals surface area (Å²) in [5.74, 6) is -1.80. The number of hydrogen-bond donors (Lipinski definition) is 3. The van der Waals surface area contributed by atoms with Crippen LogP contribution in [0.25, 0.3) is 0 Å². The van der Waals surface area contributed by atoms with E-state index in [1.54, 1.807) is 37.3 Å². The molecule has 10 nitrogen and oxygen atoms in total. The molecule has 14 heteroatoms. The minimum atomic E-state index is -4.54. The predicted octanol–water partition coefficient (Wildman–Crippen LogP) is 4.82. The smallest absolute Gasteiger partial charge is 0.416 e. The van der Waals surface area contributed by atoms with Gasteiger partial charge in [0.25, 0.3) is 5.91 Å². The molecule has 0 aliphatic heterocycles. The molecular formula is C27H24F3IN4O6. The van der Waals surface area contributed by atoms with Crippen molar-refractivity contribution in [3.8, 4) is 17.2 Å². The molecule has 0 aliphatic rings. The van der Waals surface area contributed by atoms with Gasteiger partial charge < -0.3 is 24.8 Å². The standard InChI is InChI=1S/C27H24F3IN4O6/c1-3-40-21-10-5-4-9-20(21)34-25(37)26(38)35-32-14-16-11-19(31)24(22(12-16)39-2)41-15-23(36)33-18-8-6-7-17(13-18)27(28,29)30/h4-14H,3,15H2,1-2H3,(H,33,36)(H,34,37)(H,35,38)/b32-14-. The summed E-state index contributed by atoms with van der Waals surface area (Å²) < 4.78 is 55.5. The number of carbonyl (C=O) groups is 3. The maximum Gasteiger partial charge on any atom is 0.416 e. The third kappa shape index (κ3) is 9.09. The van der Waals surface area contributed by atoms with E-state index in [0.29, 0.717) is 27.2 Å². The molecule has 0 aromatic heterocycles. The van der Waals surface area contributed by atoms with Crippen molar-refractivity contribution >= 4 is 57.9 Å². The number of nitrogens with zero attached hydrogens (tertiary/aromatic N) is 1. The van der Waals surface area contributed by atoms with Crippen LogP contribution in [0.2, 0.25) is 0 Å². The van der Waals surface area contributed by atoms with Gasteiger partial charge in [0.1, 0.15) is 5.75 Å². The van der Waals surface area contributed by atoms with E-state index in [2.05, 4.69) is 21.2 Å². The van der Waals surface area contributed by atoms with Crippen LogP contribution >= 0.6 is 22.6 Å². The number of ether oxygens (including phenoxy) is 3. The molecule has 0 saturated carbocycles. The normalized spacial score (nSPS) is 11.1. The van der Waals surface area contributed by atoms with E-state index in [1.165, 1.54) is 31.5 Å². The van der Waals surface area contributed by atoms with Crippen LogP contribution < -0.4 is 30.3 Å². The Morgan fingerprint density at radius 1 is 0.951 bits per heavy atom. The predicted molar refractivity (Wildman–Crippen MR) is 153 cm³/mol. The highest BCUT2D eigenvalue weighted by Gasteiger charge is 2.30. The highest BCUT2D eigenvalue weighted by atomic mass is 127. The molecule has 3 aromatic carbocycles. The maximum absolute atomic E-state index is 12.9. The zero-order valence-corrected chi connectivity index (χ0v) is 23.8. The van der Waals surface area contributed by atoms with Crippen LogP contribution in [0.1, 0.15) is 18.1 Å². The van der Waals surface area contributed by atoms with Crippen molar-refractivity contribution in [2.24, 2.45) is 5.10 Å². The number of nitrogens with one attached hydrogen (secondary N) is 3. The summed E-state index contributed by atoms with van der Waals surface area (Å²) in [5, 5.41) is 8.61. The van der Waals surface area contributed by atoms with Crippen molar-refractivity contribution < 1.29 is 41.8 Å². The van der Waals surface area contributed by atoms with Gasteiger partial charge in [-0.15, -0.1) is 0 Å². The molecule has 0 bridgehead atoms. The van der Waals surface area contributed by atoms with E-state index in [4.69, 9.17) is 14.2 Å². The van der Waals surface area contributed by atoms with Crippen molar-refractivity contribution in [3.05, 3.63) is 75.4 Å². The molecule has 0 unspecified atom stereocenters. The van der Waals surface area contributed by atoms with Gasteiger partial charge in [-0.25, -0.2) is 5.43 Å². The van der Waals surface area contributed by atoms with Gasteiger partial charge in [0.05, 0.1) is 34.8 Å². The van der Waals surface area contributed by atoms with Gasteiger partial charge in [-0.3, -0.25) is 14.4 Å². The molecule has 0 aliphatic carbocycles. The summed E-state index contributed by atoms with van der Waals surface area (Å²) in [6, 6.07) is 14.0. The Kier molecular flexibility index (Phi) is 10.9. The number of para-hydroxylation sites is 2. The molecule has 41 heavy (non-hydrogen) atoms. The zero-order chi connectivity index (χ0) is 30.0. The first-order chi connectivity index (χ1) is 19.5. The van der Waals surface area contributed by atoms with Crippen molar-refractivity contribution in [2.45, 2.75) is 13.1 Å². The fourth-order valence-electron chi connectivity index (χ4n) is 3.31. The average Bonchev–Trinajstić information content (AvgIpc) is 2.93. The van der Waals surface area contributed by atoms with E-state index in [-0.39, 0.29) is 17.2 Å². The summed E-state index contributed by atoms with van der Waals surface area (Å²) in [6.07, 6.45) is -3.27. The second-order valence-electron chi connectivity index (χ2n) is 8.03. The summed E-state index contributed by atoms with van der Waals surface area (Å²) in [7, 11) is 1.37. The summed E-state index contributed by atoms with van der Waals surface area (Å²) in [4.78, 5) is 36.7. The quantitative estimate of drug-likeness (QED) is 0.122. The lowest BCUT2D eigenvalue weighted by molar-refractivity contribution is -0.137. The average molecular weight is 684 g/mol. The minimum absolute atomic E-state index is 0.0316. The third-order valence-electron chi connectivity index (χ3n) is 5.09. The van der Waals surface area contributed by atoms with Gasteiger partial charge in [-0.05, 0) is 77.5 Å². The Morgan fingerprint density at radius 3 is 2.41 bits per heavy atom. The van der Waals surface area contributed by atoms with E-state index in [9.17, 15) is 27.6 Å². The number of amides is 3. The van der Waals surface area contributed by atoms with E-state index < -0.39 is 36.1 Å². The van der Waals surface area contributed by atoms with Crippen LogP contribution in [0.5, 0.6) is 17.2 Å². The Bertz CT molecular complexity index is 1450. The summed E-state index contributed by atoms with van der Waals surface area (Å²) in [5.41, 5.74) is 2.00. The number of benzene rings is 3. The molecule has 0 atom stereocenters. The highest BCUT2D eigenvalue weighted by Crippen LogP contribution is 2.34. The zero-order valence-electron chi connectivity index (χ0n) is 21.7. The van der Waals surface area contributed by atoms with Crippen molar-refractivity contribution in [2.75, 3.05) is 31.0 Å². The topological polar surface area (TPSA) is 127 Å². The molecule has 0 fully saturated rings. The fraction of sp³-hybridized carbons (Fsp3) is 0.185. The number of alkyl halides is 3. The van der Waals surface area contributed by atoms with E-state index in [0.717, 1.165) is 12.1 Å². The molecule has 3 N–H and O–H groups in total. The highest BCUT2D eigenvalue weighted by molar-refractivity contribution is 14.1.